The van der Waals surface area contributed by atoms with Gasteiger partial charge >= 0.3 is 0 Å². The van der Waals surface area contributed by atoms with Crippen LogP contribution < -0.4 is 21.1 Å². The van der Waals surface area contributed by atoms with Crippen LogP contribution in [0.3, 0.4) is 0 Å². The van der Waals surface area contributed by atoms with E-state index in [-0.39, 0.29) is 0 Å². The summed E-state index contributed by atoms with van der Waals surface area (Å²) in [4.78, 5) is 9.08. The van der Waals surface area contributed by atoms with Gasteiger partial charge in [0.2, 0.25) is 5.95 Å². The largest absolute Gasteiger partial charge is 0.457 e. The Hall–Kier alpha value is -3.65. The molecule has 4 N–H and O–H groups in total. The van der Waals surface area contributed by atoms with Crippen molar-refractivity contribution in [2.45, 2.75) is 0 Å². The van der Waals surface area contributed by atoms with E-state index in [1.165, 1.54) is 0 Å². The first-order valence-corrected chi connectivity index (χ1v) is 8.96. The van der Waals surface area contributed by atoms with Crippen LogP contribution in [0.15, 0.2) is 60.8 Å². The molecule has 0 aliphatic heterocycles. The molecular formula is C20H21N7O. The molecule has 4 aromatic rings. The van der Waals surface area contributed by atoms with Crippen LogP contribution in [0.1, 0.15) is 0 Å². The van der Waals surface area contributed by atoms with Gasteiger partial charge in [-0.3, -0.25) is 4.68 Å². The number of para-hydroxylation sites is 1. The fourth-order valence-electron chi connectivity index (χ4n) is 2.78. The summed E-state index contributed by atoms with van der Waals surface area (Å²) in [7, 11) is 1.85. The molecule has 4 rings (SSSR count). The molecule has 8 nitrogen and oxygen atoms in total. The SMILES string of the molecule is Cn1ncc2c(Nc3cccc(Oc4ccccc4)c3)nc(NCCN)nc21. The molecule has 8 heteroatoms. The smallest absolute Gasteiger partial charge is 0.226 e. The summed E-state index contributed by atoms with van der Waals surface area (Å²) >= 11 is 0. The summed E-state index contributed by atoms with van der Waals surface area (Å²) in [5, 5.41) is 11.6. The van der Waals surface area contributed by atoms with E-state index in [4.69, 9.17) is 10.5 Å². The second-order valence-electron chi connectivity index (χ2n) is 6.18. The number of nitrogens with zero attached hydrogens (tertiary/aromatic N) is 4. The number of nitrogens with one attached hydrogen (secondary N) is 2. The van der Waals surface area contributed by atoms with Crippen molar-refractivity contribution in [2.24, 2.45) is 12.8 Å². The lowest BCUT2D eigenvalue weighted by atomic mass is 10.3. The molecule has 0 unspecified atom stereocenters. The number of hydrogen-bond donors (Lipinski definition) is 3. The Morgan fingerprint density at radius 1 is 1.04 bits per heavy atom. The highest BCUT2D eigenvalue weighted by Crippen LogP contribution is 2.28. The van der Waals surface area contributed by atoms with Crippen molar-refractivity contribution in [3.63, 3.8) is 0 Å². The maximum atomic E-state index is 5.91. The third-order valence-corrected chi connectivity index (χ3v) is 4.10. The van der Waals surface area contributed by atoms with Gasteiger partial charge in [0.25, 0.3) is 0 Å². The summed E-state index contributed by atoms with van der Waals surface area (Å²) in [5.74, 6) is 2.67. The Kier molecular flexibility index (Phi) is 5.03. The lowest BCUT2D eigenvalue weighted by molar-refractivity contribution is 0.483. The zero-order valence-corrected chi connectivity index (χ0v) is 15.5. The standard InChI is InChI=1S/C20H21N7O/c1-27-19-17(13-23-27)18(25-20(26-19)22-11-10-21)24-14-6-5-9-16(12-14)28-15-7-3-2-4-8-15/h2-9,12-13H,10-11,21H2,1H3,(H2,22,24,25,26). The number of aryl methyl sites for hydroxylation is 1. The second kappa shape index (κ2) is 7.93. The zero-order chi connectivity index (χ0) is 19.3. The molecule has 0 saturated carbocycles. The number of hydrogen-bond acceptors (Lipinski definition) is 7. The number of aromatic nitrogens is 4. The highest BCUT2D eigenvalue weighted by molar-refractivity contribution is 5.89. The van der Waals surface area contributed by atoms with Crippen LogP contribution in [0.4, 0.5) is 17.5 Å². The van der Waals surface area contributed by atoms with Crippen LogP contribution in [-0.4, -0.2) is 32.8 Å². The molecule has 142 valence electrons. The van der Waals surface area contributed by atoms with Gasteiger partial charge in [0.1, 0.15) is 17.3 Å². The molecular weight excluding hydrogens is 354 g/mol. The van der Waals surface area contributed by atoms with Gasteiger partial charge in [0.05, 0.1) is 11.6 Å². The van der Waals surface area contributed by atoms with Crippen LogP contribution in [0.2, 0.25) is 0 Å². The van der Waals surface area contributed by atoms with Gasteiger partial charge < -0.3 is 21.1 Å². The maximum absolute atomic E-state index is 5.91. The average molecular weight is 375 g/mol. The first kappa shape index (κ1) is 17.7. The summed E-state index contributed by atoms with van der Waals surface area (Å²) in [6, 6.07) is 17.4. The first-order chi connectivity index (χ1) is 13.7. The summed E-state index contributed by atoms with van der Waals surface area (Å²) in [6.45, 7) is 1.08. The minimum Gasteiger partial charge on any atom is -0.457 e. The van der Waals surface area contributed by atoms with Gasteiger partial charge in [0.15, 0.2) is 5.65 Å². The fraction of sp³-hybridized carbons (Fsp3) is 0.150. The van der Waals surface area contributed by atoms with Gasteiger partial charge in [-0.15, -0.1) is 0 Å². The topological polar surface area (TPSA) is 103 Å². The molecule has 2 heterocycles. The Morgan fingerprint density at radius 2 is 1.86 bits per heavy atom. The van der Waals surface area contributed by atoms with E-state index in [1.54, 1.807) is 10.9 Å². The molecule has 0 aliphatic carbocycles. The molecule has 0 aliphatic rings. The van der Waals surface area contributed by atoms with Crippen molar-refractivity contribution >= 4 is 28.5 Å². The molecule has 28 heavy (non-hydrogen) atoms. The van der Waals surface area contributed by atoms with Crippen molar-refractivity contribution in [3.05, 3.63) is 60.8 Å². The van der Waals surface area contributed by atoms with Gasteiger partial charge in [-0.1, -0.05) is 24.3 Å². The molecule has 0 bridgehead atoms. The number of ether oxygens (including phenoxy) is 1. The van der Waals surface area contributed by atoms with Crippen molar-refractivity contribution in [3.8, 4) is 11.5 Å². The molecule has 2 aromatic carbocycles. The quantitative estimate of drug-likeness (QED) is 0.455. The van der Waals surface area contributed by atoms with Crippen LogP contribution in [0, 0.1) is 0 Å². The average Bonchev–Trinajstić information content (AvgIpc) is 3.09. The summed E-state index contributed by atoms with van der Waals surface area (Å²) < 4.78 is 7.62. The summed E-state index contributed by atoms with van der Waals surface area (Å²) in [5.41, 5.74) is 7.15. The highest BCUT2D eigenvalue weighted by atomic mass is 16.5. The highest BCUT2D eigenvalue weighted by Gasteiger charge is 2.12. The minimum atomic E-state index is 0.494. The van der Waals surface area contributed by atoms with E-state index < -0.39 is 0 Å². The molecule has 0 radical (unpaired) electrons. The lowest BCUT2D eigenvalue weighted by Crippen LogP contribution is -2.15. The van der Waals surface area contributed by atoms with E-state index in [0.717, 1.165) is 28.2 Å². The number of benzene rings is 2. The number of anilines is 3. The molecule has 0 atom stereocenters. The van der Waals surface area contributed by atoms with E-state index >= 15 is 0 Å². The molecule has 0 spiro atoms. The Bertz CT molecular complexity index is 1080. The third-order valence-electron chi connectivity index (χ3n) is 4.10. The van der Waals surface area contributed by atoms with E-state index in [9.17, 15) is 0 Å². The first-order valence-electron chi connectivity index (χ1n) is 8.96. The summed E-state index contributed by atoms with van der Waals surface area (Å²) in [6.07, 6.45) is 1.74. The zero-order valence-electron chi connectivity index (χ0n) is 15.5. The van der Waals surface area contributed by atoms with Crippen LogP contribution in [0.5, 0.6) is 11.5 Å². The van der Waals surface area contributed by atoms with Gasteiger partial charge in [0, 0.05) is 31.9 Å². The number of rotatable bonds is 7. The van der Waals surface area contributed by atoms with Gasteiger partial charge in [-0.2, -0.15) is 15.1 Å². The Balaban J connectivity index is 1.63. The minimum absolute atomic E-state index is 0.494. The second-order valence-corrected chi connectivity index (χ2v) is 6.18. The van der Waals surface area contributed by atoms with Crippen molar-refractivity contribution in [1.82, 2.24) is 19.7 Å². The van der Waals surface area contributed by atoms with Crippen LogP contribution in [-0.2, 0) is 7.05 Å². The van der Waals surface area contributed by atoms with Crippen LogP contribution in [0.25, 0.3) is 11.0 Å². The van der Waals surface area contributed by atoms with E-state index in [2.05, 4.69) is 25.7 Å². The Labute approximate surface area is 162 Å². The number of fused-ring (bicyclic) bond motifs is 1. The Morgan fingerprint density at radius 3 is 2.68 bits per heavy atom. The predicted molar refractivity (Wildman–Crippen MR) is 110 cm³/mol. The molecule has 0 saturated heterocycles. The lowest BCUT2D eigenvalue weighted by Gasteiger charge is -2.11. The monoisotopic (exact) mass is 375 g/mol. The van der Waals surface area contributed by atoms with E-state index in [1.807, 2.05) is 61.6 Å². The fourth-order valence-corrected chi connectivity index (χ4v) is 2.78. The van der Waals surface area contributed by atoms with E-state index in [0.29, 0.717) is 24.9 Å². The van der Waals surface area contributed by atoms with Gasteiger partial charge in [-0.25, -0.2) is 0 Å². The van der Waals surface area contributed by atoms with Crippen LogP contribution >= 0.6 is 0 Å². The van der Waals surface area contributed by atoms with Crippen molar-refractivity contribution < 1.29 is 4.74 Å². The maximum Gasteiger partial charge on any atom is 0.226 e. The molecule has 0 amide bonds. The number of nitrogens with two attached hydrogens (primary N) is 1. The normalized spacial score (nSPS) is 10.8. The predicted octanol–water partition coefficient (Wildman–Crippen LogP) is 3.27. The molecule has 0 fully saturated rings. The molecule has 2 aromatic heterocycles. The van der Waals surface area contributed by atoms with Gasteiger partial charge in [-0.05, 0) is 24.3 Å². The third kappa shape index (κ3) is 3.86. The van der Waals surface area contributed by atoms with Crippen molar-refractivity contribution in [1.29, 1.82) is 0 Å². The van der Waals surface area contributed by atoms with Crippen molar-refractivity contribution in [2.75, 3.05) is 23.7 Å².